The Kier molecular flexibility index (Phi) is 5.85. The number of amides is 2. The normalized spacial score (nSPS) is 15.5. The van der Waals surface area contributed by atoms with Gasteiger partial charge in [0, 0.05) is 19.0 Å². The average Bonchev–Trinajstić information content (AvgIpc) is 3.27. The lowest BCUT2D eigenvalue weighted by Gasteiger charge is -2.30. The molecule has 1 N–H and O–H groups in total. The summed E-state index contributed by atoms with van der Waals surface area (Å²) in [6, 6.07) is 3.72. The van der Waals surface area contributed by atoms with Crippen molar-refractivity contribution in [3.05, 3.63) is 22.4 Å². The highest BCUT2D eigenvalue weighted by atomic mass is 32.2. The smallest absolute Gasteiger partial charge is 0.263 e. The molecular formula is C15H18N4O2S3. The fourth-order valence-corrected chi connectivity index (χ4v) is 4.89. The van der Waals surface area contributed by atoms with Crippen LogP contribution in [-0.2, 0) is 4.79 Å². The van der Waals surface area contributed by atoms with E-state index >= 15 is 0 Å². The van der Waals surface area contributed by atoms with E-state index in [-0.39, 0.29) is 17.7 Å². The lowest BCUT2D eigenvalue weighted by molar-refractivity contribution is -0.121. The summed E-state index contributed by atoms with van der Waals surface area (Å²) < 4.78 is 0.865. The zero-order valence-electron chi connectivity index (χ0n) is 13.2. The van der Waals surface area contributed by atoms with Crippen LogP contribution in [0, 0.1) is 5.92 Å². The summed E-state index contributed by atoms with van der Waals surface area (Å²) in [7, 11) is 0. The van der Waals surface area contributed by atoms with Gasteiger partial charge in [-0.05, 0) is 30.0 Å². The van der Waals surface area contributed by atoms with Crippen LogP contribution in [0.1, 0.15) is 29.4 Å². The maximum Gasteiger partial charge on any atom is 0.263 e. The molecule has 0 unspecified atom stereocenters. The molecule has 0 saturated carbocycles. The Morgan fingerprint density at radius 1 is 1.38 bits per heavy atom. The first-order chi connectivity index (χ1) is 11.7. The molecule has 1 aliphatic heterocycles. The number of carbonyl (C=O) groups is 2. The Morgan fingerprint density at radius 2 is 2.17 bits per heavy atom. The highest BCUT2D eigenvalue weighted by Gasteiger charge is 2.28. The minimum Gasteiger partial charge on any atom is -0.338 e. The number of thiophene rings is 1. The molecule has 2 aromatic rings. The van der Waals surface area contributed by atoms with Crippen LogP contribution in [0.25, 0.3) is 0 Å². The van der Waals surface area contributed by atoms with E-state index in [1.54, 1.807) is 11.8 Å². The molecule has 24 heavy (non-hydrogen) atoms. The molecule has 0 bridgehead atoms. The predicted octanol–water partition coefficient (Wildman–Crippen LogP) is 3.20. The standard InChI is InChI=1S/C15H18N4O2S3/c1-2-22-15-18-17-14(24-15)16-12(20)10-5-7-19(8-6-10)13(21)11-4-3-9-23-11/h3-4,9-10H,2,5-8H2,1H3,(H,16,17,20). The largest absolute Gasteiger partial charge is 0.338 e. The number of nitrogens with zero attached hydrogens (tertiary/aromatic N) is 3. The van der Waals surface area contributed by atoms with Crippen molar-refractivity contribution in [2.24, 2.45) is 5.92 Å². The third-order valence-corrected chi connectivity index (χ3v) is 6.50. The first kappa shape index (κ1) is 17.4. The topological polar surface area (TPSA) is 75.2 Å². The first-order valence-electron chi connectivity index (χ1n) is 7.77. The van der Waals surface area contributed by atoms with Gasteiger partial charge in [0.15, 0.2) is 4.34 Å². The van der Waals surface area contributed by atoms with E-state index in [1.165, 1.54) is 22.7 Å². The van der Waals surface area contributed by atoms with Gasteiger partial charge in [0.25, 0.3) is 5.91 Å². The number of aromatic nitrogens is 2. The van der Waals surface area contributed by atoms with Gasteiger partial charge in [0.2, 0.25) is 11.0 Å². The zero-order chi connectivity index (χ0) is 16.9. The highest BCUT2D eigenvalue weighted by molar-refractivity contribution is 8.01. The van der Waals surface area contributed by atoms with E-state index in [0.717, 1.165) is 15.0 Å². The van der Waals surface area contributed by atoms with Crippen molar-refractivity contribution in [3.63, 3.8) is 0 Å². The molecule has 1 fully saturated rings. The van der Waals surface area contributed by atoms with E-state index in [4.69, 9.17) is 0 Å². The molecule has 1 saturated heterocycles. The lowest BCUT2D eigenvalue weighted by Crippen LogP contribution is -2.41. The summed E-state index contributed by atoms with van der Waals surface area (Å²) in [5, 5.41) is 13.3. The molecular weight excluding hydrogens is 364 g/mol. The van der Waals surface area contributed by atoms with Crippen LogP contribution < -0.4 is 5.32 Å². The molecule has 1 aliphatic rings. The van der Waals surface area contributed by atoms with Crippen LogP contribution in [0.4, 0.5) is 5.13 Å². The second-order valence-corrected chi connectivity index (χ2v) is 8.78. The number of nitrogens with one attached hydrogen (secondary N) is 1. The van der Waals surface area contributed by atoms with Crippen molar-refractivity contribution in [2.45, 2.75) is 24.1 Å². The average molecular weight is 383 g/mol. The molecule has 0 radical (unpaired) electrons. The van der Waals surface area contributed by atoms with Gasteiger partial charge in [0.1, 0.15) is 0 Å². The minimum absolute atomic E-state index is 0.0255. The number of likely N-dealkylation sites (tertiary alicyclic amines) is 1. The number of carbonyl (C=O) groups excluding carboxylic acids is 2. The van der Waals surface area contributed by atoms with Gasteiger partial charge < -0.3 is 10.2 Å². The van der Waals surface area contributed by atoms with Crippen LogP contribution in [0.5, 0.6) is 0 Å². The van der Waals surface area contributed by atoms with Crippen LogP contribution in [0.3, 0.4) is 0 Å². The van der Waals surface area contributed by atoms with Gasteiger partial charge in [-0.2, -0.15) is 0 Å². The van der Waals surface area contributed by atoms with E-state index in [2.05, 4.69) is 22.4 Å². The summed E-state index contributed by atoms with van der Waals surface area (Å²) in [6.07, 6.45) is 1.36. The minimum atomic E-state index is -0.0800. The molecule has 128 valence electrons. The van der Waals surface area contributed by atoms with Crippen molar-refractivity contribution in [2.75, 3.05) is 24.2 Å². The van der Waals surface area contributed by atoms with E-state index in [1.807, 2.05) is 22.4 Å². The summed E-state index contributed by atoms with van der Waals surface area (Å²) in [5.74, 6) is 0.888. The molecule has 3 heterocycles. The summed E-state index contributed by atoms with van der Waals surface area (Å²) >= 11 is 4.46. The Hall–Kier alpha value is -1.45. The van der Waals surface area contributed by atoms with Gasteiger partial charge in [-0.25, -0.2) is 0 Å². The van der Waals surface area contributed by atoms with E-state index in [9.17, 15) is 9.59 Å². The van der Waals surface area contributed by atoms with Gasteiger partial charge >= 0.3 is 0 Å². The summed E-state index contributed by atoms with van der Waals surface area (Å²) in [4.78, 5) is 27.3. The monoisotopic (exact) mass is 382 g/mol. The second kappa shape index (κ2) is 8.09. The van der Waals surface area contributed by atoms with Gasteiger partial charge in [-0.15, -0.1) is 21.5 Å². The number of hydrogen-bond acceptors (Lipinski definition) is 7. The third-order valence-electron chi connectivity index (χ3n) is 3.79. The maximum absolute atomic E-state index is 12.4. The van der Waals surface area contributed by atoms with Crippen molar-refractivity contribution < 1.29 is 9.59 Å². The number of rotatable bonds is 5. The van der Waals surface area contributed by atoms with Crippen molar-refractivity contribution in [1.29, 1.82) is 0 Å². The van der Waals surface area contributed by atoms with Gasteiger partial charge in [0.05, 0.1) is 4.88 Å². The molecule has 2 aromatic heterocycles. The number of piperidine rings is 1. The van der Waals surface area contributed by atoms with Crippen LogP contribution in [-0.4, -0.2) is 45.8 Å². The molecule has 2 amide bonds. The Morgan fingerprint density at radius 3 is 2.83 bits per heavy atom. The van der Waals surface area contributed by atoms with Crippen LogP contribution in [0.15, 0.2) is 21.9 Å². The third kappa shape index (κ3) is 4.14. The molecule has 0 spiro atoms. The molecule has 0 aliphatic carbocycles. The molecule has 3 rings (SSSR count). The predicted molar refractivity (Wildman–Crippen MR) is 97.9 cm³/mol. The fourth-order valence-electron chi connectivity index (χ4n) is 2.55. The number of anilines is 1. The van der Waals surface area contributed by atoms with Gasteiger partial charge in [-0.1, -0.05) is 36.1 Å². The van der Waals surface area contributed by atoms with Crippen LogP contribution in [0.2, 0.25) is 0 Å². The van der Waals surface area contributed by atoms with Gasteiger partial charge in [-0.3, -0.25) is 9.59 Å². The summed E-state index contributed by atoms with van der Waals surface area (Å²) in [5.41, 5.74) is 0. The number of thioether (sulfide) groups is 1. The van der Waals surface area contributed by atoms with Crippen LogP contribution >= 0.6 is 34.4 Å². The molecule has 9 heteroatoms. The molecule has 0 atom stereocenters. The lowest BCUT2D eigenvalue weighted by atomic mass is 9.96. The fraction of sp³-hybridized carbons (Fsp3) is 0.467. The highest BCUT2D eigenvalue weighted by Crippen LogP contribution is 2.27. The van der Waals surface area contributed by atoms with E-state index in [0.29, 0.717) is 31.1 Å². The summed E-state index contributed by atoms with van der Waals surface area (Å²) in [6.45, 7) is 3.28. The Bertz CT molecular complexity index is 693. The molecule has 6 nitrogen and oxygen atoms in total. The van der Waals surface area contributed by atoms with Crippen molar-refractivity contribution in [3.8, 4) is 0 Å². The van der Waals surface area contributed by atoms with Crippen molar-refractivity contribution in [1.82, 2.24) is 15.1 Å². The Labute approximate surface area is 152 Å². The zero-order valence-corrected chi connectivity index (χ0v) is 15.7. The first-order valence-corrected chi connectivity index (χ1v) is 10.5. The Balaban J connectivity index is 1.50. The van der Waals surface area contributed by atoms with Crippen molar-refractivity contribution >= 4 is 51.4 Å². The van der Waals surface area contributed by atoms with E-state index < -0.39 is 0 Å². The SMILES string of the molecule is CCSc1nnc(NC(=O)C2CCN(C(=O)c3cccs3)CC2)s1. The maximum atomic E-state index is 12.4. The quantitative estimate of drug-likeness (QED) is 0.635. The second-order valence-electron chi connectivity index (χ2n) is 5.34. The molecule has 0 aromatic carbocycles. The number of hydrogen-bond donors (Lipinski definition) is 1.